The van der Waals surface area contributed by atoms with Gasteiger partial charge in [-0.25, -0.2) is 4.79 Å². The SMILES string of the molecule is O=C(O)c1ccc(CN2CC(c3ccccc3)C3CCCC32)cc1. The average Bonchev–Trinajstić information content (AvgIpc) is 3.20. The summed E-state index contributed by atoms with van der Waals surface area (Å²) >= 11 is 0. The van der Waals surface area contributed by atoms with Crippen molar-refractivity contribution in [1.29, 1.82) is 0 Å². The molecule has 1 saturated carbocycles. The summed E-state index contributed by atoms with van der Waals surface area (Å²) < 4.78 is 0. The molecular weight excluding hydrogens is 298 g/mol. The zero-order chi connectivity index (χ0) is 16.5. The molecule has 0 amide bonds. The fourth-order valence-electron chi connectivity index (χ4n) is 4.64. The van der Waals surface area contributed by atoms with Gasteiger partial charge in [-0.05, 0) is 42.0 Å². The molecule has 3 nitrogen and oxygen atoms in total. The van der Waals surface area contributed by atoms with Crippen LogP contribution in [0.15, 0.2) is 54.6 Å². The molecule has 2 aromatic carbocycles. The molecule has 1 N–H and O–H groups in total. The van der Waals surface area contributed by atoms with Crippen LogP contribution in [0.3, 0.4) is 0 Å². The van der Waals surface area contributed by atoms with Gasteiger partial charge in [0.25, 0.3) is 0 Å². The minimum Gasteiger partial charge on any atom is -0.478 e. The number of hydrogen-bond donors (Lipinski definition) is 1. The van der Waals surface area contributed by atoms with Gasteiger partial charge in [-0.15, -0.1) is 0 Å². The second-order valence-corrected chi connectivity index (χ2v) is 7.11. The Labute approximate surface area is 142 Å². The molecule has 0 bridgehead atoms. The number of fused-ring (bicyclic) bond motifs is 1. The van der Waals surface area contributed by atoms with E-state index in [1.54, 1.807) is 12.1 Å². The summed E-state index contributed by atoms with van der Waals surface area (Å²) in [4.78, 5) is 13.6. The monoisotopic (exact) mass is 321 g/mol. The number of nitrogens with zero attached hydrogens (tertiary/aromatic N) is 1. The number of hydrogen-bond acceptors (Lipinski definition) is 2. The first-order chi connectivity index (χ1) is 11.7. The van der Waals surface area contributed by atoms with Crippen LogP contribution in [-0.4, -0.2) is 28.6 Å². The second-order valence-electron chi connectivity index (χ2n) is 7.11. The molecular formula is C21H23NO2. The third-order valence-corrected chi connectivity index (χ3v) is 5.76. The van der Waals surface area contributed by atoms with E-state index in [-0.39, 0.29) is 0 Å². The number of carbonyl (C=O) groups is 1. The van der Waals surface area contributed by atoms with E-state index in [2.05, 4.69) is 35.2 Å². The smallest absolute Gasteiger partial charge is 0.335 e. The number of carboxylic acid groups (broad SMARTS) is 1. The lowest BCUT2D eigenvalue weighted by Crippen LogP contribution is -2.29. The summed E-state index contributed by atoms with van der Waals surface area (Å²) in [6, 6.07) is 19.0. The first-order valence-corrected chi connectivity index (χ1v) is 8.83. The summed E-state index contributed by atoms with van der Waals surface area (Å²) in [5.41, 5.74) is 3.04. The van der Waals surface area contributed by atoms with Crippen LogP contribution in [0.4, 0.5) is 0 Å². The molecule has 1 heterocycles. The molecule has 4 rings (SSSR count). The number of benzene rings is 2. The standard InChI is InChI=1S/C21H23NO2/c23-21(24)17-11-9-15(10-12-17)13-22-14-19(16-5-2-1-3-6-16)18-7-4-8-20(18)22/h1-3,5-6,9-12,18-20H,4,7-8,13-14H2,(H,23,24). The molecule has 124 valence electrons. The molecule has 1 saturated heterocycles. The second kappa shape index (κ2) is 6.40. The maximum Gasteiger partial charge on any atom is 0.335 e. The van der Waals surface area contributed by atoms with Gasteiger partial charge >= 0.3 is 5.97 Å². The van der Waals surface area contributed by atoms with E-state index in [0.717, 1.165) is 19.0 Å². The van der Waals surface area contributed by atoms with Gasteiger partial charge in [0.2, 0.25) is 0 Å². The van der Waals surface area contributed by atoms with E-state index in [0.29, 0.717) is 17.5 Å². The van der Waals surface area contributed by atoms with Crippen LogP contribution < -0.4 is 0 Å². The third-order valence-electron chi connectivity index (χ3n) is 5.76. The predicted molar refractivity (Wildman–Crippen MR) is 94.1 cm³/mol. The molecule has 2 aromatic rings. The summed E-state index contributed by atoms with van der Waals surface area (Å²) in [7, 11) is 0. The zero-order valence-electron chi connectivity index (χ0n) is 13.8. The highest BCUT2D eigenvalue weighted by atomic mass is 16.4. The van der Waals surface area contributed by atoms with Crippen molar-refractivity contribution < 1.29 is 9.90 Å². The minimum absolute atomic E-state index is 0.362. The number of aromatic carboxylic acids is 1. The first kappa shape index (κ1) is 15.4. The molecule has 3 atom stereocenters. The van der Waals surface area contributed by atoms with Gasteiger partial charge < -0.3 is 5.11 Å². The highest BCUT2D eigenvalue weighted by molar-refractivity contribution is 5.87. The maximum absolute atomic E-state index is 11.0. The Balaban J connectivity index is 1.52. The van der Waals surface area contributed by atoms with Gasteiger partial charge in [0.1, 0.15) is 0 Å². The predicted octanol–water partition coefficient (Wildman–Crippen LogP) is 4.15. The Kier molecular flexibility index (Phi) is 4.11. The van der Waals surface area contributed by atoms with Gasteiger partial charge in [0.05, 0.1) is 5.56 Å². The highest BCUT2D eigenvalue weighted by Crippen LogP contribution is 2.46. The van der Waals surface area contributed by atoms with Crippen LogP contribution in [0.25, 0.3) is 0 Å². The zero-order valence-corrected chi connectivity index (χ0v) is 13.8. The van der Waals surface area contributed by atoms with Crippen LogP contribution in [-0.2, 0) is 6.54 Å². The van der Waals surface area contributed by atoms with Crippen molar-refractivity contribution in [2.45, 2.75) is 37.8 Å². The van der Waals surface area contributed by atoms with Gasteiger partial charge in [0, 0.05) is 25.0 Å². The molecule has 2 aliphatic rings. The normalized spacial score (nSPS) is 26.4. The van der Waals surface area contributed by atoms with E-state index in [9.17, 15) is 4.79 Å². The minimum atomic E-state index is -0.859. The van der Waals surface area contributed by atoms with Crippen molar-refractivity contribution in [2.24, 2.45) is 5.92 Å². The lowest BCUT2D eigenvalue weighted by molar-refractivity contribution is 0.0697. The first-order valence-electron chi connectivity index (χ1n) is 8.83. The molecule has 2 fully saturated rings. The quantitative estimate of drug-likeness (QED) is 0.919. The molecule has 0 spiro atoms. The molecule has 1 aliphatic carbocycles. The molecule has 1 aliphatic heterocycles. The summed E-state index contributed by atoms with van der Waals surface area (Å²) in [5, 5.41) is 9.03. The van der Waals surface area contributed by atoms with Gasteiger partial charge in [-0.3, -0.25) is 4.90 Å². The lowest BCUT2D eigenvalue weighted by Gasteiger charge is -2.23. The molecule has 3 heteroatoms. The van der Waals surface area contributed by atoms with Crippen molar-refractivity contribution in [1.82, 2.24) is 4.90 Å². The lowest BCUT2D eigenvalue weighted by atomic mass is 9.87. The Morgan fingerprint density at radius 3 is 2.50 bits per heavy atom. The van der Waals surface area contributed by atoms with Crippen molar-refractivity contribution >= 4 is 5.97 Å². The Hall–Kier alpha value is -2.13. The summed E-state index contributed by atoms with van der Waals surface area (Å²) in [5.74, 6) is 0.547. The highest BCUT2D eigenvalue weighted by Gasteiger charge is 2.44. The topological polar surface area (TPSA) is 40.5 Å². The van der Waals surface area contributed by atoms with Gasteiger partial charge in [-0.2, -0.15) is 0 Å². The number of carboxylic acids is 1. The number of likely N-dealkylation sites (tertiary alicyclic amines) is 1. The van der Waals surface area contributed by atoms with Crippen molar-refractivity contribution in [3.05, 3.63) is 71.3 Å². The maximum atomic E-state index is 11.0. The summed E-state index contributed by atoms with van der Waals surface area (Å²) in [6.07, 6.45) is 3.95. The Morgan fingerprint density at radius 2 is 1.79 bits per heavy atom. The largest absolute Gasteiger partial charge is 0.478 e. The fraction of sp³-hybridized carbons (Fsp3) is 0.381. The van der Waals surface area contributed by atoms with E-state index < -0.39 is 5.97 Å². The molecule has 0 aromatic heterocycles. The van der Waals surface area contributed by atoms with Crippen molar-refractivity contribution in [3.8, 4) is 0 Å². The van der Waals surface area contributed by atoms with Crippen LogP contribution in [0, 0.1) is 5.92 Å². The van der Waals surface area contributed by atoms with Crippen molar-refractivity contribution in [3.63, 3.8) is 0 Å². The average molecular weight is 321 g/mol. The Bertz CT molecular complexity index is 710. The Morgan fingerprint density at radius 1 is 1.04 bits per heavy atom. The van der Waals surface area contributed by atoms with Crippen molar-refractivity contribution in [2.75, 3.05) is 6.54 Å². The molecule has 3 unspecified atom stereocenters. The van der Waals surface area contributed by atoms with Crippen LogP contribution in [0.5, 0.6) is 0 Å². The van der Waals surface area contributed by atoms with E-state index in [1.807, 2.05) is 12.1 Å². The summed E-state index contributed by atoms with van der Waals surface area (Å²) in [6.45, 7) is 2.03. The molecule has 24 heavy (non-hydrogen) atoms. The third kappa shape index (κ3) is 2.84. The number of rotatable bonds is 4. The van der Waals surface area contributed by atoms with Crippen LogP contribution >= 0.6 is 0 Å². The van der Waals surface area contributed by atoms with E-state index >= 15 is 0 Å². The van der Waals surface area contributed by atoms with Gasteiger partial charge in [0.15, 0.2) is 0 Å². The van der Waals surface area contributed by atoms with E-state index in [4.69, 9.17) is 5.11 Å². The van der Waals surface area contributed by atoms with Crippen LogP contribution in [0.1, 0.15) is 46.7 Å². The van der Waals surface area contributed by atoms with Crippen LogP contribution in [0.2, 0.25) is 0 Å². The van der Waals surface area contributed by atoms with E-state index in [1.165, 1.54) is 30.4 Å². The fourth-order valence-corrected chi connectivity index (χ4v) is 4.64. The molecule has 0 radical (unpaired) electrons. The van der Waals surface area contributed by atoms with Gasteiger partial charge in [-0.1, -0.05) is 48.9 Å².